The standard InChI is InChI=1S/C22H32N4O3/c1-3-12-22(13-4-2)20(28)26(21(29)24-22)16-19(27)23-17-8-10-18(11-9-17)25-14-6-5-7-15-25/h8-11H,3-7,12-16H2,1-2H3,(H,23,27)(H,24,29). The summed E-state index contributed by atoms with van der Waals surface area (Å²) in [5.41, 5.74) is 0.952. The average molecular weight is 401 g/mol. The fraction of sp³-hybridized carbons (Fsp3) is 0.591. The molecule has 0 aliphatic carbocycles. The van der Waals surface area contributed by atoms with Crippen molar-refractivity contribution in [3.63, 3.8) is 0 Å². The first-order valence-corrected chi connectivity index (χ1v) is 10.8. The lowest BCUT2D eigenvalue weighted by molar-refractivity contribution is -0.134. The molecule has 2 aliphatic heterocycles. The van der Waals surface area contributed by atoms with Crippen LogP contribution in [0.2, 0.25) is 0 Å². The molecule has 158 valence electrons. The van der Waals surface area contributed by atoms with Gasteiger partial charge in [0, 0.05) is 24.5 Å². The van der Waals surface area contributed by atoms with Gasteiger partial charge in [0.25, 0.3) is 5.91 Å². The first-order valence-electron chi connectivity index (χ1n) is 10.8. The zero-order valence-corrected chi connectivity index (χ0v) is 17.5. The number of rotatable bonds is 8. The highest BCUT2D eigenvalue weighted by Gasteiger charge is 2.50. The normalized spacial score (nSPS) is 18.7. The molecule has 2 fully saturated rings. The van der Waals surface area contributed by atoms with Crippen LogP contribution in [-0.2, 0) is 9.59 Å². The van der Waals surface area contributed by atoms with E-state index in [9.17, 15) is 14.4 Å². The van der Waals surface area contributed by atoms with Gasteiger partial charge in [-0.15, -0.1) is 0 Å². The third-order valence-corrected chi connectivity index (χ3v) is 5.77. The van der Waals surface area contributed by atoms with Gasteiger partial charge in [0.2, 0.25) is 5.91 Å². The first kappa shape index (κ1) is 21.1. The summed E-state index contributed by atoms with van der Waals surface area (Å²) in [6, 6.07) is 7.26. The van der Waals surface area contributed by atoms with Crippen molar-refractivity contribution in [2.75, 3.05) is 29.9 Å². The Morgan fingerprint density at radius 3 is 2.24 bits per heavy atom. The molecule has 7 heteroatoms. The van der Waals surface area contributed by atoms with Gasteiger partial charge < -0.3 is 15.5 Å². The lowest BCUT2D eigenvalue weighted by Crippen LogP contribution is -2.47. The molecule has 0 aromatic heterocycles. The first-order chi connectivity index (χ1) is 14.0. The molecule has 2 aliphatic rings. The average Bonchev–Trinajstić information content (AvgIpc) is 2.94. The molecule has 1 aromatic rings. The van der Waals surface area contributed by atoms with Gasteiger partial charge >= 0.3 is 6.03 Å². The van der Waals surface area contributed by atoms with E-state index in [1.54, 1.807) is 0 Å². The number of imide groups is 1. The van der Waals surface area contributed by atoms with E-state index in [-0.39, 0.29) is 18.4 Å². The Kier molecular flexibility index (Phi) is 6.77. The van der Waals surface area contributed by atoms with E-state index in [2.05, 4.69) is 15.5 Å². The van der Waals surface area contributed by atoms with Gasteiger partial charge in [0.1, 0.15) is 12.1 Å². The highest BCUT2D eigenvalue weighted by molar-refractivity contribution is 6.10. The Morgan fingerprint density at radius 2 is 1.66 bits per heavy atom. The quantitative estimate of drug-likeness (QED) is 0.655. The topological polar surface area (TPSA) is 81.8 Å². The van der Waals surface area contributed by atoms with Crippen LogP contribution in [0.3, 0.4) is 0 Å². The number of hydrogen-bond donors (Lipinski definition) is 2. The molecule has 0 spiro atoms. The number of nitrogens with zero attached hydrogens (tertiary/aromatic N) is 2. The maximum Gasteiger partial charge on any atom is 0.325 e. The summed E-state index contributed by atoms with van der Waals surface area (Å²) in [6.45, 7) is 5.83. The van der Waals surface area contributed by atoms with Crippen molar-refractivity contribution in [3.8, 4) is 0 Å². The summed E-state index contributed by atoms with van der Waals surface area (Å²) in [5, 5.41) is 5.63. The third-order valence-electron chi connectivity index (χ3n) is 5.77. The number of piperidine rings is 1. The van der Waals surface area contributed by atoms with Crippen LogP contribution in [-0.4, -0.2) is 47.9 Å². The largest absolute Gasteiger partial charge is 0.372 e. The van der Waals surface area contributed by atoms with Crippen molar-refractivity contribution in [2.24, 2.45) is 0 Å². The van der Waals surface area contributed by atoms with Crippen molar-refractivity contribution in [1.82, 2.24) is 10.2 Å². The zero-order valence-electron chi connectivity index (χ0n) is 17.5. The summed E-state index contributed by atoms with van der Waals surface area (Å²) in [7, 11) is 0. The van der Waals surface area contributed by atoms with Crippen molar-refractivity contribution in [1.29, 1.82) is 0 Å². The molecule has 0 saturated carbocycles. The highest BCUT2D eigenvalue weighted by Crippen LogP contribution is 2.28. The van der Waals surface area contributed by atoms with Gasteiger partial charge in [0.15, 0.2) is 0 Å². The Bertz CT molecular complexity index is 735. The van der Waals surface area contributed by atoms with E-state index in [0.29, 0.717) is 18.5 Å². The van der Waals surface area contributed by atoms with Crippen molar-refractivity contribution >= 4 is 29.2 Å². The van der Waals surface area contributed by atoms with E-state index in [0.717, 1.165) is 36.5 Å². The van der Waals surface area contributed by atoms with Crippen molar-refractivity contribution in [2.45, 2.75) is 64.3 Å². The lowest BCUT2D eigenvalue weighted by Gasteiger charge is -2.28. The highest BCUT2D eigenvalue weighted by atomic mass is 16.2. The molecule has 2 heterocycles. The minimum Gasteiger partial charge on any atom is -0.372 e. The fourth-order valence-corrected chi connectivity index (χ4v) is 4.39. The molecular weight excluding hydrogens is 368 g/mol. The maximum absolute atomic E-state index is 12.9. The SMILES string of the molecule is CCCC1(CCC)NC(=O)N(CC(=O)Nc2ccc(N3CCCCC3)cc2)C1=O. The van der Waals surface area contributed by atoms with Crippen LogP contribution >= 0.6 is 0 Å². The summed E-state index contributed by atoms with van der Waals surface area (Å²) >= 11 is 0. The van der Waals surface area contributed by atoms with Crippen LogP contribution in [0.1, 0.15) is 58.8 Å². The van der Waals surface area contributed by atoms with Gasteiger partial charge in [-0.1, -0.05) is 26.7 Å². The number of hydrogen-bond acceptors (Lipinski definition) is 4. The number of carbonyl (C=O) groups excluding carboxylic acids is 3. The molecule has 0 bridgehead atoms. The van der Waals surface area contributed by atoms with Crippen LogP contribution < -0.4 is 15.5 Å². The summed E-state index contributed by atoms with van der Waals surface area (Å²) < 4.78 is 0. The predicted octanol–water partition coefficient (Wildman–Crippen LogP) is 3.51. The second-order valence-corrected chi connectivity index (χ2v) is 8.05. The summed E-state index contributed by atoms with van der Waals surface area (Å²) in [6.07, 6.45) is 6.45. The van der Waals surface area contributed by atoms with Crippen LogP contribution in [0.25, 0.3) is 0 Å². The molecule has 29 heavy (non-hydrogen) atoms. The second kappa shape index (κ2) is 9.29. The van der Waals surface area contributed by atoms with Gasteiger partial charge in [-0.25, -0.2) is 4.79 Å². The Hall–Kier alpha value is -2.57. The second-order valence-electron chi connectivity index (χ2n) is 8.05. The molecule has 4 amide bonds. The van der Waals surface area contributed by atoms with E-state index >= 15 is 0 Å². The van der Waals surface area contributed by atoms with Gasteiger partial charge in [-0.05, 0) is 56.4 Å². The van der Waals surface area contributed by atoms with Crippen molar-refractivity contribution < 1.29 is 14.4 Å². The Labute approximate surface area is 172 Å². The number of anilines is 2. The number of benzene rings is 1. The van der Waals surface area contributed by atoms with Crippen LogP contribution in [0, 0.1) is 0 Å². The van der Waals surface area contributed by atoms with Crippen molar-refractivity contribution in [3.05, 3.63) is 24.3 Å². The maximum atomic E-state index is 12.9. The van der Waals surface area contributed by atoms with Crippen LogP contribution in [0.5, 0.6) is 0 Å². The molecule has 1 aromatic carbocycles. The zero-order chi connectivity index (χ0) is 20.9. The molecule has 2 N–H and O–H groups in total. The van der Waals surface area contributed by atoms with Gasteiger partial charge in [-0.2, -0.15) is 0 Å². The number of nitrogens with one attached hydrogen (secondary N) is 2. The van der Waals surface area contributed by atoms with E-state index in [1.165, 1.54) is 19.3 Å². The molecule has 3 rings (SSSR count). The van der Waals surface area contributed by atoms with Gasteiger partial charge in [0.05, 0.1) is 0 Å². The smallest absolute Gasteiger partial charge is 0.325 e. The molecule has 0 atom stereocenters. The Morgan fingerprint density at radius 1 is 1.03 bits per heavy atom. The number of urea groups is 1. The van der Waals surface area contributed by atoms with E-state index < -0.39 is 11.6 Å². The Balaban J connectivity index is 1.60. The minimum absolute atomic E-state index is 0.270. The third kappa shape index (κ3) is 4.71. The van der Waals surface area contributed by atoms with E-state index in [1.807, 2.05) is 38.1 Å². The van der Waals surface area contributed by atoms with Gasteiger partial charge in [-0.3, -0.25) is 14.5 Å². The van der Waals surface area contributed by atoms with Crippen LogP contribution in [0.15, 0.2) is 24.3 Å². The molecule has 0 unspecified atom stereocenters. The van der Waals surface area contributed by atoms with E-state index in [4.69, 9.17) is 0 Å². The molecular formula is C22H32N4O3. The lowest BCUT2D eigenvalue weighted by atomic mass is 9.88. The fourth-order valence-electron chi connectivity index (χ4n) is 4.39. The monoisotopic (exact) mass is 400 g/mol. The summed E-state index contributed by atoms with van der Waals surface area (Å²) in [5.74, 6) is -0.662. The summed E-state index contributed by atoms with van der Waals surface area (Å²) in [4.78, 5) is 41.1. The van der Waals surface area contributed by atoms with Crippen LogP contribution in [0.4, 0.5) is 16.2 Å². The number of amides is 4. The molecule has 0 radical (unpaired) electrons. The number of carbonyl (C=O) groups is 3. The molecule has 2 saturated heterocycles. The molecule has 7 nitrogen and oxygen atoms in total. The predicted molar refractivity (Wildman–Crippen MR) is 114 cm³/mol. The minimum atomic E-state index is -0.864.